The van der Waals surface area contributed by atoms with Crippen LogP contribution in [0, 0.1) is 0 Å². The summed E-state index contributed by atoms with van der Waals surface area (Å²) in [6.07, 6.45) is 0. The molecule has 372 valence electrons. The van der Waals surface area contributed by atoms with Crippen LogP contribution in [0.1, 0.15) is 0 Å². The zero-order valence-electron chi connectivity index (χ0n) is 43.2. The van der Waals surface area contributed by atoms with E-state index in [9.17, 15) is 0 Å². The number of imidazole rings is 2. The van der Waals surface area contributed by atoms with Gasteiger partial charge in [0.25, 0.3) is 0 Å². The third-order valence-corrected chi connectivity index (χ3v) is 25.9. The van der Waals surface area contributed by atoms with E-state index < -0.39 is 16.1 Å². The van der Waals surface area contributed by atoms with E-state index in [2.05, 4.69) is 323 Å². The van der Waals surface area contributed by atoms with E-state index >= 15 is 0 Å². The van der Waals surface area contributed by atoms with Crippen molar-refractivity contribution in [2.24, 2.45) is 0 Å². The SMILES string of the molecule is c1ccc(-c2cc(-n3c4ccccc4c4cc([Si](c5ccccc5)(c5ccccc5)c5ccccc5)ccc43)nc(-n3c4ccccc4n4c5cc([Si](c6ccccc6)(c6ccccc6)c6ccccc6)ccc5nc34)c2)cc1. The van der Waals surface area contributed by atoms with E-state index in [1.165, 1.54) is 52.3 Å². The molecule has 15 rings (SSSR count). The molecule has 0 saturated heterocycles. The quantitative estimate of drug-likeness (QED) is 0.0957. The average molecular weight is 1040 g/mol. The molecule has 0 atom stereocenters. The van der Waals surface area contributed by atoms with Gasteiger partial charge in [-0.3, -0.25) is 13.5 Å². The number of benzene rings is 11. The summed E-state index contributed by atoms with van der Waals surface area (Å²) in [5.74, 6) is 2.41. The number of para-hydroxylation sites is 3. The van der Waals surface area contributed by atoms with Crippen LogP contribution in [0.25, 0.3) is 72.4 Å². The lowest BCUT2D eigenvalue weighted by Crippen LogP contribution is -2.74. The van der Waals surface area contributed by atoms with Crippen LogP contribution in [0.4, 0.5) is 0 Å². The van der Waals surface area contributed by atoms with Crippen LogP contribution >= 0.6 is 0 Å². The van der Waals surface area contributed by atoms with Crippen molar-refractivity contribution in [1.29, 1.82) is 0 Å². The zero-order chi connectivity index (χ0) is 52.3. The molecule has 0 radical (unpaired) electrons. The first-order valence-electron chi connectivity index (χ1n) is 27.1. The highest BCUT2D eigenvalue weighted by molar-refractivity contribution is 7.20. The maximum atomic E-state index is 5.79. The Morgan fingerprint density at radius 3 is 1.14 bits per heavy atom. The molecule has 0 saturated carbocycles. The molecule has 0 aliphatic rings. The summed E-state index contributed by atoms with van der Waals surface area (Å²) in [6.45, 7) is 0. The van der Waals surface area contributed by atoms with Gasteiger partial charge in [0.1, 0.15) is 11.6 Å². The molecule has 4 aromatic heterocycles. The fourth-order valence-electron chi connectivity index (χ4n) is 13.0. The highest BCUT2D eigenvalue weighted by atomic mass is 28.3. The Morgan fingerprint density at radius 2 is 0.633 bits per heavy atom. The zero-order valence-corrected chi connectivity index (χ0v) is 45.2. The molecule has 15 aromatic rings. The Kier molecular flexibility index (Phi) is 11.1. The fraction of sp³-hybridized carbons (Fsp3) is 0. The molecule has 0 bridgehead atoms. The summed E-state index contributed by atoms with van der Waals surface area (Å²) in [5.41, 5.74) is 8.42. The van der Waals surface area contributed by atoms with Gasteiger partial charge >= 0.3 is 0 Å². The minimum atomic E-state index is -2.86. The predicted molar refractivity (Wildman–Crippen MR) is 334 cm³/mol. The molecule has 0 fully saturated rings. The van der Waals surface area contributed by atoms with Crippen molar-refractivity contribution in [2.45, 2.75) is 0 Å². The molecule has 4 heterocycles. The highest BCUT2D eigenvalue weighted by Crippen LogP contribution is 2.36. The first kappa shape index (κ1) is 46.4. The predicted octanol–water partition coefficient (Wildman–Crippen LogP) is 11.3. The summed E-state index contributed by atoms with van der Waals surface area (Å²) < 4.78 is 7.00. The van der Waals surface area contributed by atoms with Crippen molar-refractivity contribution in [3.63, 3.8) is 0 Å². The minimum Gasteiger partial charge on any atom is -0.294 e. The smallest absolute Gasteiger partial charge is 0.221 e. The highest BCUT2D eigenvalue weighted by Gasteiger charge is 2.43. The molecule has 0 amide bonds. The van der Waals surface area contributed by atoms with Gasteiger partial charge in [-0.05, 0) is 101 Å². The Hall–Kier alpha value is -9.93. The third kappa shape index (κ3) is 7.28. The second kappa shape index (κ2) is 19.0. The van der Waals surface area contributed by atoms with Gasteiger partial charge in [-0.1, -0.05) is 261 Å². The summed E-state index contributed by atoms with van der Waals surface area (Å²) >= 11 is 0. The molecule has 0 spiro atoms. The maximum Gasteiger partial charge on any atom is 0.221 e. The molecular weight excluding hydrogens is 991 g/mol. The molecule has 0 aliphatic carbocycles. The maximum absolute atomic E-state index is 5.79. The molecule has 0 aliphatic heterocycles. The summed E-state index contributed by atoms with van der Waals surface area (Å²) in [7, 11) is -5.70. The van der Waals surface area contributed by atoms with Gasteiger partial charge in [-0.2, -0.15) is 0 Å². The fourth-order valence-corrected chi connectivity index (χ4v) is 22.5. The van der Waals surface area contributed by atoms with Crippen LogP contribution in [0.5, 0.6) is 0 Å². The van der Waals surface area contributed by atoms with Gasteiger partial charge in [0, 0.05) is 10.8 Å². The van der Waals surface area contributed by atoms with Gasteiger partial charge < -0.3 is 0 Å². The Bertz CT molecular complexity index is 4500. The molecule has 79 heavy (non-hydrogen) atoms. The normalized spacial score (nSPS) is 12.1. The third-order valence-electron chi connectivity index (χ3n) is 16.3. The van der Waals surface area contributed by atoms with Gasteiger partial charge in [-0.15, -0.1) is 0 Å². The van der Waals surface area contributed by atoms with E-state index in [1.54, 1.807) is 0 Å². The van der Waals surface area contributed by atoms with Crippen LogP contribution in [-0.4, -0.2) is 39.7 Å². The van der Waals surface area contributed by atoms with Crippen LogP contribution in [0.2, 0.25) is 0 Å². The molecule has 5 nitrogen and oxygen atoms in total. The summed E-state index contributed by atoms with van der Waals surface area (Å²) in [4.78, 5) is 11.4. The number of fused-ring (bicyclic) bond motifs is 8. The van der Waals surface area contributed by atoms with Crippen LogP contribution < -0.4 is 41.5 Å². The number of rotatable bonds is 11. The van der Waals surface area contributed by atoms with E-state index in [1.807, 2.05) is 0 Å². The molecule has 0 unspecified atom stereocenters. The summed E-state index contributed by atoms with van der Waals surface area (Å²) in [6, 6.07) is 114. The van der Waals surface area contributed by atoms with Gasteiger partial charge in [0.2, 0.25) is 5.78 Å². The number of hydrogen-bond donors (Lipinski definition) is 0. The largest absolute Gasteiger partial charge is 0.294 e. The van der Waals surface area contributed by atoms with Crippen LogP contribution in [0.15, 0.2) is 309 Å². The van der Waals surface area contributed by atoms with E-state index in [0.29, 0.717) is 0 Å². The Morgan fingerprint density at radius 1 is 0.241 bits per heavy atom. The number of pyridine rings is 1. The lowest BCUT2D eigenvalue weighted by Gasteiger charge is -2.34. The van der Waals surface area contributed by atoms with E-state index in [0.717, 1.165) is 61.6 Å². The van der Waals surface area contributed by atoms with Crippen LogP contribution in [-0.2, 0) is 0 Å². The molecule has 0 N–H and O–H groups in total. The first-order chi connectivity index (χ1) is 39.2. The monoisotopic (exact) mass is 1040 g/mol. The van der Waals surface area contributed by atoms with Crippen molar-refractivity contribution in [1.82, 2.24) is 23.5 Å². The molecular formula is C72H51N5Si2. The van der Waals surface area contributed by atoms with Crippen molar-refractivity contribution in [2.75, 3.05) is 0 Å². The molecule has 7 heteroatoms. The van der Waals surface area contributed by atoms with Crippen LogP contribution in [0.3, 0.4) is 0 Å². The van der Waals surface area contributed by atoms with Crippen molar-refractivity contribution in [3.05, 3.63) is 309 Å². The number of nitrogens with zero attached hydrogens (tertiary/aromatic N) is 5. The Labute approximate surface area is 460 Å². The van der Waals surface area contributed by atoms with Crippen molar-refractivity contribution in [3.8, 4) is 22.8 Å². The summed E-state index contributed by atoms with van der Waals surface area (Å²) in [5, 5.41) is 13.0. The molecule has 11 aromatic carbocycles. The second-order valence-electron chi connectivity index (χ2n) is 20.5. The van der Waals surface area contributed by atoms with Gasteiger partial charge in [0.15, 0.2) is 16.1 Å². The Balaban J connectivity index is 0.978. The topological polar surface area (TPSA) is 40.0 Å². The van der Waals surface area contributed by atoms with E-state index in [4.69, 9.17) is 9.97 Å². The first-order valence-corrected chi connectivity index (χ1v) is 31.1. The van der Waals surface area contributed by atoms with E-state index in [-0.39, 0.29) is 0 Å². The standard InChI is InChI=1S/C72H51N5Si2/c1-8-26-52(27-9-1)53-48-70(75-65-41-23-22-40-62(65)63-50-60(45-47-66(63)75)78(54-28-10-2-11-29-54,55-30-12-3-13-31-55)56-32-14-4-15-33-56)74-71(49-53)77-68-43-25-24-42-67(68)76-69-51-61(44-46-64(69)73-72(76)77)79(57-34-16-5-17-35-57,58-36-18-6-19-37-58)59-38-20-7-21-39-59/h1-51H. The lowest BCUT2D eigenvalue weighted by molar-refractivity contribution is 0.997. The van der Waals surface area contributed by atoms with Gasteiger partial charge in [0.05, 0.1) is 33.1 Å². The van der Waals surface area contributed by atoms with Gasteiger partial charge in [-0.25, -0.2) is 9.97 Å². The average Bonchev–Trinajstić information content (AvgIpc) is 4.25. The minimum absolute atomic E-state index is 0.783. The number of aromatic nitrogens is 5. The lowest BCUT2D eigenvalue weighted by atomic mass is 10.1. The second-order valence-corrected chi connectivity index (χ2v) is 28.1. The number of hydrogen-bond acceptors (Lipinski definition) is 2. The van der Waals surface area contributed by atoms with Crippen molar-refractivity contribution < 1.29 is 0 Å². The van der Waals surface area contributed by atoms with Crippen molar-refractivity contribution >= 4 is 107 Å².